The van der Waals surface area contributed by atoms with E-state index in [1.165, 1.54) is 30.2 Å². The maximum absolute atomic E-state index is 11.9. The highest BCUT2D eigenvalue weighted by Gasteiger charge is 2.42. The number of amidine groups is 1. The van der Waals surface area contributed by atoms with Gasteiger partial charge in [0.2, 0.25) is 5.88 Å². The molecule has 2 heterocycles. The molecule has 29 heavy (non-hydrogen) atoms. The monoisotopic (exact) mass is 396 g/mol. The van der Waals surface area contributed by atoms with Gasteiger partial charge >= 0.3 is 11.7 Å². The van der Waals surface area contributed by atoms with Crippen molar-refractivity contribution in [1.82, 2.24) is 9.55 Å². The van der Waals surface area contributed by atoms with Crippen molar-refractivity contribution in [3.8, 4) is 11.6 Å². The summed E-state index contributed by atoms with van der Waals surface area (Å²) in [5, 5.41) is 10.0. The molecule has 1 aromatic carbocycles. The number of aromatic hydroxyl groups is 1. The molecule has 152 valence electrons. The summed E-state index contributed by atoms with van der Waals surface area (Å²) in [6, 6.07) is 5.92. The maximum Gasteiger partial charge on any atom is 0.333 e. The Morgan fingerprint density at radius 1 is 1.41 bits per heavy atom. The van der Waals surface area contributed by atoms with Crippen LogP contribution in [-0.4, -0.2) is 27.4 Å². The van der Waals surface area contributed by atoms with Crippen LogP contribution in [0.5, 0.6) is 11.6 Å². The summed E-state index contributed by atoms with van der Waals surface area (Å²) in [6.07, 6.45) is 5.79. The van der Waals surface area contributed by atoms with Crippen LogP contribution >= 0.6 is 0 Å². The van der Waals surface area contributed by atoms with E-state index in [0.29, 0.717) is 23.7 Å². The number of ether oxygens (including phenoxy) is 2. The molecule has 0 saturated heterocycles. The Hall–Kier alpha value is -3.13. The van der Waals surface area contributed by atoms with Crippen LogP contribution in [0.3, 0.4) is 0 Å². The van der Waals surface area contributed by atoms with Crippen LogP contribution in [0.15, 0.2) is 39.2 Å². The minimum absolute atomic E-state index is 0.0449. The average molecular weight is 396 g/mol. The van der Waals surface area contributed by atoms with Gasteiger partial charge in [0.05, 0.1) is 24.1 Å². The number of aliphatic imine (C=N–C) groups is 2. The fourth-order valence-electron chi connectivity index (χ4n) is 4.10. The molecular weight excluding hydrogens is 372 g/mol. The summed E-state index contributed by atoms with van der Waals surface area (Å²) >= 11 is 0. The summed E-state index contributed by atoms with van der Waals surface area (Å²) in [7, 11) is 0. The molecule has 0 amide bonds. The van der Waals surface area contributed by atoms with Gasteiger partial charge in [-0.3, -0.25) is 0 Å². The van der Waals surface area contributed by atoms with Crippen LogP contribution in [-0.2, 0) is 16.9 Å². The number of aryl methyl sites for hydroxylation is 1. The number of hydrogen-bond donors (Lipinski definition) is 2. The highest BCUT2D eigenvalue weighted by Crippen LogP contribution is 2.48. The van der Waals surface area contributed by atoms with Crippen molar-refractivity contribution in [1.29, 1.82) is 0 Å². The summed E-state index contributed by atoms with van der Waals surface area (Å²) in [5.41, 5.74) is 2.53. The number of allylic oxidation sites excluding steroid dienone is 1. The molecule has 0 bridgehead atoms. The van der Waals surface area contributed by atoms with Gasteiger partial charge in [-0.25, -0.2) is 19.3 Å². The quantitative estimate of drug-likeness (QED) is 0.613. The SMILES string of the molecule is C=NC(=NC=C(C)n1c(O)c(C)[nH]c1=O)Oc1ccc2c(c1)C1(CCCC1)OC2. The van der Waals surface area contributed by atoms with E-state index in [1.807, 2.05) is 18.2 Å². The van der Waals surface area contributed by atoms with E-state index in [4.69, 9.17) is 9.47 Å². The lowest BCUT2D eigenvalue weighted by Gasteiger charge is -2.23. The summed E-state index contributed by atoms with van der Waals surface area (Å²) in [6.45, 7) is 7.40. The zero-order valence-electron chi connectivity index (χ0n) is 16.6. The molecular formula is C21H24N4O4. The molecule has 1 aliphatic carbocycles. The van der Waals surface area contributed by atoms with E-state index in [2.05, 4.69) is 21.7 Å². The Morgan fingerprint density at radius 2 is 2.17 bits per heavy atom. The molecule has 0 unspecified atom stereocenters. The molecule has 1 aliphatic heterocycles. The first kappa shape index (κ1) is 19.2. The number of aromatic nitrogens is 2. The van der Waals surface area contributed by atoms with Crippen molar-refractivity contribution in [3.05, 3.63) is 51.7 Å². The van der Waals surface area contributed by atoms with Gasteiger partial charge in [0.25, 0.3) is 0 Å². The number of hydrogen-bond acceptors (Lipinski definition) is 5. The minimum Gasteiger partial charge on any atom is -0.493 e. The zero-order chi connectivity index (χ0) is 20.6. The predicted molar refractivity (Wildman–Crippen MR) is 110 cm³/mol. The lowest BCUT2D eigenvalue weighted by atomic mass is 9.91. The van der Waals surface area contributed by atoms with Crippen LogP contribution in [0.2, 0.25) is 0 Å². The number of nitrogens with one attached hydrogen (secondary N) is 1. The molecule has 0 radical (unpaired) electrons. The van der Waals surface area contributed by atoms with E-state index in [9.17, 15) is 9.90 Å². The molecule has 2 aromatic rings. The highest BCUT2D eigenvalue weighted by molar-refractivity contribution is 5.81. The summed E-state index contributed by atoms with van der Waals surface area (Å²) in [4.78, 5) is 22.5. The second-order valence-electron chi connectivity index (χ2n) is 7.47. The average Bonchev–Trinajstić information content (AvgIpc) is 3.39. The number of rotatable bonds is 3. The number of benzene rings is 1. The second-order valence-corrected chi connectivity index (χ2v) is 7.47. The summed E-state index contributed by atoms with van der Waals surface area (Å²) in [5.74, 6) is 0.448. The first-order valence-corrected chi connectivity index (χ1v) is 9.61. The topological polar surface area (TPSA) is 101 Å². The first-order chi connectivity index (χ1) is 13.9. The lowest BCUT2D eigenvalue weighted by molar-refractivity contribution is -0.0325. The van der Waals surface area contributed by atoms with Crippen molar-refractivity contribution in [2.45, 2.75) is 51.7 Å². The van der Waals surface area contributed by atoms with Crippen LogP contribution in [0.25, 0.3) is 5.70 Å². The van der Waals surface area contributed by atoms with Gasteiger partial charge in [0, 0.05) is 5.70 Å². The van der Waals surface area contributed by atoms with Gasteiger partial charge in [-0.15, -0.1) is 0 Å². The predicted octanol–water partition coefficient (Wildman–Crippen LogP) is 3.44. The van der Waals surface area contributed by atoms with Crippen molar-refractivity contribution in [2.75, 3.05) is 0 Å². The minimum atomic E-state index is -0.446. The van der Waals surface area contributed by atoms with Crippen LogP contribution in [0, 0.1) is 6.92 Å². The summed E-state index contributed by atoms with van der Waals surface area (Å²) < 4.78 is 13.0. The van der Waals surface area contributed by atoms with Gasteiger partial charge in [-0.05, 0) is 56.7 Å². The Morgan fingerprint density at radius 3 is 2.83 bits per heavy atom. The van der Waals surface area contributed by atoms with Gasteiger partial charge in [0.15, 0.2) is 0 Å². The molecule has 8 nitrogen and oxygen atoms in total. The van der Waals surface area contributed by atoms with Crippen LogP contribution < -0.4 is 10.4 Å². The molecule has 1 saturated carbocycles. The standard InChI is InChI=1S/C21H24N4O4/c1-13(25-18(26)14(2)24-20(25)27)11-23-19(22-3)29-16-7-6-15-12-28-21(17(15)10-16)8-4-5-9-21/h6-7,10-11,26H,3-5,8-9,12H2,1-2H3,(H,24,27). The van der Waals surface area contributed by atoms with E-state index >= 15 is 0 Å². The van der Waals surface area contributed by atoms with E-state index in [0.717, 1.165) is 17.4 Å². The maximum atomic E-state index is 11.9. The number of fused-ring (bicyclic) bond motifs is 2. The zero-order valence-corrected chi connectivity index (χ0v) is 16.6. The molecule has 2 N–H and O–H groups in total. The number of H-pyrrole nitrogens is 1. The highest BCUT2D eigenvalue weighted by atomic mass is 16.5. The molecule has 0 atom stereocenters. The Bertz CT molecular complexity index is 1070. The molecule has 8 heteroatoms. The third kappa shape index (κ3) is 3.40. The largest absolute Gasteiger partial charge is 0.493 e. The van der Waals surface area contributed by atoms with Gasteiger partial charge < -0.3 is 19.6 Å². The molecule has 1 spiro atoms. The molecule has 2 aliphatic rings. The van der Waals surface area contributed by atoms with Crippen molar-refractivity contribution in [3.63, 3.8) is 0 Å². The number of aromatic amines is 1. The molecule has 4 rings (SSSR count). The number of imidazole rings is 1. The third-order valence-corrected chi connectivity index (χ3v) is 5.59. The van der Waals surface area contributed by atoms with Crippen LogP contribution in [0.1, 0.15) is 49.4 Å². The second kappa shape index (κ2) is 7.36. The lowest BCUT2D eigenvalue weighted by Crippen LogP contribution is -2.20. The fraction of sp³-hybridized carbons (Fsp3) is 0.381. The fourth-order valence-corrected chi connectivity index (χ4v) is 4.10. The molecule has 1 aromatic heterocycles. The first-order valence-electron chi connectivity index (χ1n) is 9.61. The van der Waals surface area contributed by atoms with Crippen LogP contribution in [0.4, 0.5) is 0 Å². The van der Waals surface area contributed by atoms with E-state index in [1.54, 1.807) is 13.8 Å². The van der Waals surface area contributed by atoms with Gasteiger partial charge in [0.1, 0.15) is 5.75 Å². The molecule has 1 fully saturated rings. The number of nitrogens with zero attached hydrogens (tertiary/aromatic N) is 3. The van der Waals surface area contributed by atoms with Crippen molar-refractivity contribution < 1.29 is 14.6 Å². The Labute approximate surface area is 168 Å². The Balaban J connectivity index is 1.58. The van der Waals surface area contributed by atoms with E-state index < -0.39 is 5.69 Å². The van der Waals surface area contributed by atoms with Gasteiger partial charge in [-0.2, -0.15) is 0 Å². The van der Waals surface area contributed by atoms with Gasteiger partial charge in [-0.1, -0.05) is 18.9 Å². The van der Waals surface area contributed by atoms with Crippen molar-refractivity contribution in [2.24, 2.45) is 9.98 Å². The Kier molecular flexibility index (Phi) is 4.87. The third-order valence-electron chi connectivity index (χ3n) is 5.59. The van der Waals surface area contributed by atoms with E-state index in [-0.39, 0.29) is 17.5 Å². The smallest absolute Gasteiger partial charge is 0.333 e. The van der Waals surface area contributed by atoms with Crippen molar-refractivity contribution >= 4 is 18.4 Å². The normalized spacial score (nSPS) is 18.3.